The van der Waals surface area contributed by atoms with Crippen LogP contribution in [0, 0.1) is 0 Å². The summed E-state index contributed by atoms with van der Waals surface area (Å²) in [5.74, 6) is 0. The second-order valence-electron chi connectivity index (χ2n) is 7.15. The van der Waals surface area contributed by atoms with Crippen LogP contribution in [0.4, 0.5) is 0 Å². The lowest BCUT2D eigenvalue weighted by molar-refractivity contribution is 0.255. The highest BCUT2D eigenvalue weighted by Gasteiger charge is 2.43. The van der Waals surface area contributed by atoms with E-state index in [1.165, 1.54) is 6.20 Å². The Bertz CT molecular complexity index is 1310. The van der Waals surface area contributed by atoms with E-state index in [1.54, 1.807) is 18.3 Å². The van der Waals surface area contributed by atoms with Gasteiger partial charge in [-0.1, -0.05) is 30.3 Å². The van der Waals surface area contributed by atoms with Gasteiger partial charge in [0, 0.05) is 22.4 Å². The van der Waals surface area contributed by atoms with Gasteiger partial charge in [0.05, 0.1) is 29.4 Å². The molecule has 6 heteroatoms. The topological polar surface area (TPSA) is 88.0 Å². The molecule has 0 saturated heterocycles. The number of hydrogen-bond donors (Lipinski definition) is 2. The maximum atomic E-state index is 13.2. The number of nitrogens with zero attached hydrogens (tertiary/aromatic N) is 2. The second-order valence-corrected chi connectivity index (χ2v) is 7.15. The highest BCUT2D eigenvalue weighted by molar-refractivity contribution is 5.89. The summed E-state index contributed by atoms with van der Waals surface area (Å²) in [6, 6.07) is 12.9. The minimum atomic E-state index is -0.498. The minimum Gasteiger partial charge on any atom is -0.395 e. The van der Waals surface area contributed by atoms with Crippen molar-refractivity contribution in [2.75, 3.05) is 6.61 Å². The van der Waals surface area contributed by atoms with Gasteiger partial charge in [-0.15, -0.1) is 0 Å². The van der Waals surface area contributed by atoms with Gasteiger partial charge < -0.3 is 10.1 Å². The van der Waals surface area contributed by atoms with E-state index in [2.05, 4.69) is 9.97 Å². The molecule has 0 radical (unpaired) electrons. The van der Waals surface area contributed by atoms with Crippen molar-refractivity contribution in [2.45, 2.75) is 18.3 Å². The fourth-order valence-electron chi connectivity index (χ4n) is 3.73. The Morgan fingerprint density at radius 3 is 2.67 bits per heavy atom. The summed E-state index contributed by atoms with van der Waals surface area (Å²) in [6.45, 7) is 0.0588. The molecule has 0 atom stereocenters. The third-order valence-electron chi connectivity index (χ3n) is 5.55. The molecule has 1 fully saturated rings. The van der Waals surface area contributed by atoms with E-state index in [1.807, 2.05) is 30.3 Å². The number of aliphatic hydroxyl groups excluding tert-OH is 1. The Morgan fingerprint density at radius 1 is 1.07 bits per heavy atom. The lowest BCUT2D eigenvalue weighted by atomic mass is 9.96. The molecule has 134 valence electrons. The number of aromatic nitrogens is 3. The SMILES string of the molecule is O=c1[nH]c2ccc(C3(CO)CC3)cc2c(=O)n1-c1cncc2ccccc12. The molecule has 0 spiro atoms. The first-order valence-corrected chi connectivity index (χ1v) is 8.87. The molecule has 4 aromatic rings. The summed E-state index contributed by atoms with van der Waals surface area (Å²) in [4.78, 5) is 32.9. The van der Waals surface area contributed by atoms with Crippen LogP contribution in [0.2, 0.25) is 0 Å². The molecule has 0 amide bonds. The fraction of sp³-hybridized carbons (Fsp3) is 0.190. The number of pyridine rings is 1. The van der Waals surface area contributed by atoms with Gasteiger partial charge in [0.1, 0.15) is 0 Å². The van der Waals surface area contributed by atoms with Crippen LogP contribution in [0.3, 0.4) is 0 Å². The van der Waals surface area contributed by atoms with Crippen LogP contribution in [-0.2, 0) is 5.41 Å². The molecule has 0 unspecified atom stereocenters. The zero-order chi connectivity index (χ0) is 18.6. The number of aromatic amines is 1. The first-order valence-electron chi connectivity index (χ1n) is 8.87. The van der Waals surface area contributed by atoms with E-state index in [4.69, 9.17) is 0 Å². The first-order chi connectivity index (χ1) is 13.1. The van der Waals surface area contributed by atoms with Gasteiger partial charge in [0.25, 0.3) is 5.56 Å². The summed E-state index contributed by atoms with van der Waals surface area (Å²) in [7, 11) is 0. The third-order valence-corrected chi connectivity index (χ3v) is 5.55. The number of rotatable bonds is 3. The van der Waals surface area contributed by atoms with Crippen molar-refractivity contribution in [1.29, 1.82) is 0 Å². The highest BCUT2D eigenvalue weighted by Crippen LogP contribution is 2.47. The van der Waals surface area contributed by atoms with Gasteiger partial charge in [0.2, 0.25) is 0 Å². The van der Waals surface area contributed by atoms with E-state index in [-0.39, 0.29) is 17.6 Å². The largest absolute Gasteiger partial charge is 0.395 e. The molecular weight excluding hydrogens is 342 g/mol. The van der Waals surface area contributed by atoms with Gasteiger partial charge >= 0.3 is 5.69 Å². The monoisotopic (exact) mass is 359 g/mol. The molecule has 0 aliphatic heterocycles. The van der Waals surface area contributed by atoms with Crippen molar-refractivity contribution in [3.05, 3.63) is 81.3 Å². The standard InChI is InChI=1S/C21H17N3O3/c25-12-21(7-8-21)14-5-6-17-16(9-14)19(26)24(20(27)23-17)18-11-22-10-13-3-1-2-4-15(13)18/h1-6,9-11,25H,7-8,12H2,(H,23,27). The number of fused-ring (bicyclic) bond motifs is 2. The van der Waals surface area contributed by atoms with E-state index in [0.717, 1.165) is 33.7 Å². The van der Waals surface area contributed by atoms with E-state index < -0.39 is 5.69 Å². The second kappa shape index (κ2) is 5.62. The summed E-state index contributed by atoms with van der Waals surface area (Å²) in [6.07, 6.45) is 5.04. The fourth-order valence-corrected chi connectivity index (χ4v) is 3.73. The van der Waals surface area contributed by atoms with Crippen molar-refractivity contribution >= 4 is 21.7 Å². The smallest absolute Gasteiger partial charge is 0.333 e. The van der Waals surface area contributed by atoms with Crippen LogP contribution < -0.4 is 11.2 Å². The van der Waals surface area contributed by atoms with E-state index in [9.17, 15) is 14.7 Å². The highest BCUT2D eigenvalue weighted by atomic mass is 16.3. The average molecular weight is 359 g/mol. The first kappa shape index (κ1) is 16.0. The van der Waals surface area contributed by atoms with Crippen molar-refractivity contribution in [3.63, 3.8) is 0 Å². The number of benzene rings is 2. The molecule has 5 rings (SSSR count). The van der Waals surface area contributed by atoms with Crippen molar-refractivity contribution in [1.82, 2.24) is 14.5 Å². The summed E-state index contributed by atoms with van der Waals surface area (Å²) >= 11 is 0. The predicted molar refractivity (Wildman–Crippen MR) is 103 cm³/mol. The quantitative estimate of drug-likeness (QED) is 0.587. The van der Waals surface area contributed by atoms with Crippen molar-refractivity contribution < 1.29 is 5.11 Å². The molecular formula is C21H17N3O3. The Hall–Kier alpha value is -3.25. The Balaban J connectivity index is 1.82. The maximum Gasteiger partial charge on any atom is 0.333 e. The summed E-state index contributed by atoms with van der Waals surface area (Å²) < 4.78 is 1.14. The molecule has 6 nitrogen and oxygen atoms in total. The molecule has 2 aromatic heterocycles. The molecule has 1 saturated carbocycles. The number of aliphatic hydroxyl groups is 1. The Kier molecular flexibility index (Phi) is 3.32. The lowest BCUT2D eigenvalue weighted by Gasteiger charge is -2.14. The van der Waals surface area contributed by atoms with Crippen LogP contribution >= 0.6 is 0 Å². The van der Waals surface area contributed by atoms with E-state index >= 15 is 0 Å². The van der Waals surface area contributed by atoms with Crippen molar-refractivity contribution in [2.24, 2.45) is 0 Å². The van der Waals surface area contributed by atoms with Crippen LogP contribution in [0.25, 0.3) is 27.4 Å². The molecule has 1 aliphatic carbocycles. The maximum absolute atomic E-state index is 13.2. The van der Waals surface area contributed by atoms with Gasteiger partial charge in [0.15, 0.2) is 0 Å². The molecule has 27 heavy (non-hydrogen) atoms. The third kappa shape index (κ3) is 2.34. The lowest BCUT2D eigenvalue weighted by Crippen LogP contribution is -2.34. The van der Waals surface area contributed by atoms with Gasteiger partial charge in [-0.2, -0.15) is 0 Å². The average Bonchev–Trinajstić information content (AvgIpc) is 3.49. The zero-order valence-corrected chi connectivity index (χ0v) is 14.5. The molecule has 2 N–H and O–H groups in total. The molecule has 0 bridgehead atoms. The molecule has 2 heterocycles. The summed E-state index contributed by atoms with van der Waals surface area (Å²) in [5.41, 5.74) is 0.748. The predicted octanol–water partition coefficient (Wildman–Crippen LogP) is 2.25. The van der Waals surface area contributed by atoms with Gasteiger partial charge in [-0.3, -0.25) is 9.78 Å². The minimum absolute atomic E-state index is 0.0588. The number of hydrogen-bond acceptors (Lipinski definition) is 4. The normalized spacial score (nSPS) is 15.3. The zero-order valence-electron chi connectivity index (χ0n) is 14.5. The van der Waals surface area contributed by atoms with Crippen LogP contribution in [0.1, 0.15) is 18.4 Å². The Labute approximate surface area is 153 Å². The van der Waals surface area contributed by atoms with Gasteiger partial charge in [-0.25, -0.2) is 9.36 Å². The molecule has 2 aromatic carbocycles. The van der Waals surface area contributed by atoms with Crippen LogP contribution in [0.15, 0.2) is 64.4 Å². The van der Waals surface area contributed by atoms with Crippen molar-refractivity contribution in [3.8, 4) is 5.69 Å². The van der Waals surface area contributed by atoms with Crippen LogP contribution in [0.5, 0.6) is 0 Å². The summed E-state index contributed by atoms with van der Waals surface area (Å²) in [5, 5.41) is 11.8. The molecule has 1 aliphatic rings. The van der Waals surface area contributed by atoms with E-state index in [0.29, 0.717) is 16.6 Å². The van der Waals surface area contributed by atoms with Gasteiger partial charge in [-0.05, 0) is 30.5 Å². The number of nitrogens with one attached hydrogen (secondary N) is 1. The number of H-pyrrole nitrogens is 1. The Morgan fingerprint density at radius 2 is 1.89 bits per heavy atom. The van der Waals surface area contributed by atoms with Crippen LogP contribution in [-0.4, -0.2) is 26.2 Å².